The number of carbonyl (C=O) groups is 2. The number of nitrogens with zero attached hydrogens (tertiary/aromatic N) is 1. The quantitative estimate of drug-likeness (QED) is 0.698. The highest BCUT2D eigenvalue weighted by atomic mass is 16.6. The predicted octanol–water partition coefficient (Wildman–Crippen LogP) is 3.28. The van der Waals surface area contributed by atoms with Gasteiger partial charge in [0.05, 0.1) is 18.7 Å². The third-order valence-corrected chi connectivity index (χ3v) is 5.78. The summed E-state index contributed by atoms with van der Waals surface area (Å²) in [5.74, 6) is -0.0330. The van der Waals surface area contributed by atoms with E-state index in [-0.39, 0.29) is 38.3 Å². The molecule has 0 bridgehead atoms. The van der Waals surface area contributed by atoms with Crippen molar-refractivity contribution < 1.29 is 24.2 Å². The van der Waals surface area contributed by atoms with E-state index in [0.717, 1.165) is 22.3 Å². The summed E-state index contributed by atoms with van der Waals surface area (Å²) < 4.78 is 10.6. The number of fused-ring (bicyclic) bond motifs is 3. The van der Waals surface area contributed by atoms with Gasteiger partial charge in [-0.05, 0) is 28.7 Å². The summed E-state index contributed by atoms with van der Waals surface area (Å²) in [7, 11) is 0. The second-order valence-electron chi connectivity index (χ2n) is 7.77. The van der Waals surface area contributed by atoms with Crippen LogP contribution < -0.4 is 5.32 Å². The molecule has 0 unspecified atom stereocenters. The van der Waals surface area contributed by atoms with Gasteiger partial charge in [-0.3, -0.25) is 0 Å². The molecule has 4 rings (SSSR count). The molecule has 1 saturated heterocycles. The Bertz CT molecular complexity index is 930. The summed E-state index contributed by atoms with van der Waals surface area (Å²) in [4.78, 5) is 26.0. The molecular formula is C24H26N2O5. The summed E-state index contributed by atoms with van der Waals surface area (Å²) >= 11 is 0. The highest BCUT2D eigenvalue weighted by molar-refractivity contribution is 5.79. The van der Waals surface area contributed by atoms with Crippen LogP contribution >= 0.6 is 0 Å². The first-order chi connectivity index (χ1) is 15.1. The van der Waals surface area contributed by atoms with Gasteiger partial charge in [-0.15, -0.1) is 0 Å². The van der Waals surface area contributed by atoms with Crippen molar-refractivity contribution in [1.29, 1.82) is 0 Å². The topological polar surface area (TPSA) is 88.1 Å². The fourth-order valence-electron chi connectivity index (χ4n) is 4.37. The van der Waals surface area contributed by atoms with Gasteiger partial charge in [-0.1, -0.05) is 61.2 Å². The van der Waals surface area contributed by atoms with Crippen molar-refractivity contribution in [1.82, 2.24) is 10.2 Å². The van der Waals surface area contributed by atoms with E-state index < -0.39 is 18.3 Å². The molecular weight excluding hydrogens is 396 g/mol. The summed E-state index contributed by atoms with van der Waals surface area (Å²) in [5, 5.41) is 12.7. The average Bonchev–Trinajstić information content (AvgIpc) is 3.32. The largest absolute Gasteiger partial charge is 0.448 e. The van der Waals surface area contributed by atoms with E-state index in [2.05, 4.69) is 36.2 Å². The zero-order valence-electron chi connectivity index (χ0n) is 17.2. The molecule has 2 atom stereocenters. The second-order valence-corrected chi connectivity index (χ2v) is 7.77. The number of hydrogen-bond donors (Lipinski definition) is 2. The zero-order valence-corrected chi connectivity index (χ0v) is 17.2. The number of likely N-dealkylation sites (tertiary alicyclic amines) is 1. The zero-order chi connectivity index (χ0) is 21.8. The Morgan fingerprint density at radius 2 is 1.74 bits per heavy atom. The van der Waals surface area contributed by atoms with Gasteiger partial charge in [0.25, 0.3) is 0 Å². The van der Waals surface area contributed by atoms with Crippen LogP contribution in [0.4, 0.5) is 9.59 Å². The number of hydrogen-bond acceptors (Lipinski definition) is 5. The maximum atomic E-state index is 12.8. The molecule has 0 spiro atoms. The van der Waals surface area contributed by atoms with Gasteiger partial charge in [-0.2, -0.15) is 0 Å². The van der Waals surface area contributed by atoms with Gasteiger partial charge in [0.15, 0.2) is 0 Å². The van der Waals surface area contributed by atoms with E-state index in [1.807, 2.05) is 24.3 Å². The van der Waals surface area contributed by atoms with Crippen LogP contribution in [0, 0.1) is 0 Å². The first-order valence-electron chi connectivity index (χ1n) is 10.4. The molecule has 1 aliphatic carbocycles. The van der Waals surface area contributed by atoms with Crippen LogP contribution in [-0.4, -0.2) is 60.6 Å². The molecule has 2 amide bonds. The standard InChI is InChI=1S/C24H26N2O5/c1-2-11-30-23(28)25-13-16-12-17(27)14-26(16)24(29)31-15-22-20-9-5-3-7-18(20)19-8-4-6-10-21(19)22/h2-10,16-17,22,27H,1,11-15H2,(H,25,28)/t16-,17-/m1/s1. The lowest BCUT2D eigenvalue weighted by molar-refractivity contribution is 0.0900. The second kappa shape index (κ2) is 9.22. The van der Waals surface area contributed by atoms with E-state index >= 15 is 0 Å². The average molecular weight is 422 g/mol. The molecule has 7 heteroatoms. The number of benzene rings is 2. The molecule has 2 aliphatic rings. The first kappa shape index (κ1) is 20.9. The van der Waals surface area contributed by atoms with Crippen LogP contribution in [0.2, 0.25) is 0 Å². The Hall–Kier alpha value is -3.32. The minimum Gasteiger partial charge on any atom is -0.448 e. The van der Waals surface area contributed by atoms with Crippen molar-refractivity contribution in [3.8, 4) is 11.1 Å². The smallest absolute Gasteiger partial charge is 0.410 e. The number of rotatable bonds is 6. The van der Waals surface area contributed by atoms with Gasteiger partial charge >= 0.3 is 12.2 Å². The van der Waals surface area contributed by atoms with E-state index in [4.69, 9.17) is 9.47 Å². The molecule has 2 aromatic rings. The molecule has 0 radical (unpaired) electrons. The number of nitrogens with one attached hydrogen (secondary N) is 1. The van der Waals surface area contributed by atoms with Crippen LogP contribution in [0.25, 0.3) is 11.1 Å². The molecule has 0 saturated carbocycles. The van der Waals surface area contributed by atoms with E-state index in [0.29, 0.717) is 6.42 Å². The molecule has 0 aromatic heterocycles. The number of ether oxygens (including phenoxy) is 2. The highest BCUT2D eigenvalue weighted by Gasteiger charge is 2.36. The van der Waals surface area contributed by atoms with Crippen molar-refractivity contribution in [3.05, 3.63) is 72.3 Å². The minimum absolute atomic E-state index is 0.0330. The van der Waals surface area contributed by atoms with Crippen molar-refractivity contribution in [2.45, 2.75) is 24.5 Å². The van der Waals surface area contributed by atoms with Crippen LogP contribution in [-0.2, 0) is 9.47 Å². The van der Waals surface area contributed by atoms with Crippen LogP contribution in [0.5, 0.6) is 0 Å². The highest BCUT2D eigenvalue weighted by Crippen LogP contribution is 2.44. The number of alkyl carbamates (subject to hydrolysis) is 1. The maximum Gasteiger partial charge on any atom is 0.410 e. The molecule has 2 aromatic carbocycles. The van der Waals surface area contributed by atoms with E-state index in [1.54, 1.807) is 0 Å². The third kappa shape index (κ3) is 4.41. The summed E-state index contributed by atoms with van der Waals surface area (Å²) in [5.41, 5.74) is 4.61. The Kier molecular flexibility index (Phi) is 6.23. The maximum absolute atomic E-state index is 12.8. The molecule has 162 valence electrons. The lowest BCUT2D eigenvalue weighted by Gasteiger charge is -2.25. The van der Waals surface area contributed by atoms with Crippen LogP contribution in [0.1, 0.15) is 23.5 Å². The van der Waals surface area contributed by atoms with Gasteiger partial charge in [0, 0.05) is 12.5 Å². The SMILES string of the molecule is C=CCOC(=O)NC[C@H]1C[C@@H](O)CN1C(=O)OCC1c2ccccc2-c2ccccc21. The number of amides is 2. The van der Waals surface area contributed by atoms with Crippen LogP contribution in [0.3, 0.4) is 0 Å². The monoisotopic (exact) mass is 422 g/mol. The summed E-state index contributed by atoms with van der Waals surface area (Å²) in [6.45, 7) is 4.15. The number of aliphatic hydroxyl groups is 1. The van der Waals surface area contributed by atoms with Gasteiger partial charge < -0.3 is 24.8 Å². The van der Waals surface area contributed by atoms with Gasteiger partial charge in [0.2, 0.25) is 0 Å². The minimum atomic E-state index is -0.656. The molecule has 31 heavy (non-hydrogen) atoms. The summed E-state index contributed by atoms with van der Waals surface area (Å²) in [6, 6.07) is 15.9. The molecule has 1 aliphatic heterocycles. The van der Waals surface area contributed by atoms with Crippen molar-refractivity contribution in [3.63, 3.8) is 0 Å². The van der Waals surface area contributed by atoms with Crippen molar-refractivity contribution in [2.24, 2.45) is 0 Å². The Labute approximate surface area is 181 Å². The number of aliphatic hydroxyl groups excluding tert-OH is 1. The van der Waals surface area contributed by atoms with Crippen molar-refractivity contribution in [2.75, 3.05) is 26.3 Å². The number of β-amino-alcohol motifs (C(OH)–C–C–N with tert-alkyl or cyclic N) is 1. The Morgan fingerprint density at radius 1 is 1.10 bits per heavy atom. The molecule has 1 fully saturated rings. The van der Waals surface area contributed by atoms with E-state index in [1.165, 1.54) is 11.0 Å². The van der Waals surface area contributed by atoms with Crippen molar-refractivity contribution >= 4 is 12.2 Å². The fourth-order valence-corrected chi connectivity index (χ4v) is 4.37. The van der Waals surface area contributed by atoms with Gasteiger partial charge in [0.1, 0.15) is 13.2 Å². The lowest BCUT2D eigenvalue weighted by Crippen LogP contribution is -2.43. The Morgan fingerprint density at radius 3 is 2.39 bits per heavy atom. The fraction of sp³-hybridized carbons (Fsp3) is 0.333. The first-order valence-corrected chi connectivity index (χ1v) is 10.4. The lowest BCUT2D eigenvalue weighted by atomic mass is 9.98. The van der Waals surface area contributed by atoms with Gasteiger partial charge in [-0.25, -0.2) is 9.59 Å². The van der Waals surface area contributed by atoms with Crippen LogP contribution in [0.15, 0.2) is 61.2 Å². The predicted molar refractivity (Wildman–Crippen MR) is 116 cm³/mol. The van der Waals surface area contributed by atoms with E-state index in [9.17, 15) is 14.7 Å². The molecule has 7 nitrogen and oxygen atoms in total. The third-order valence-electron chi connectivity index (χ3n) is 5.78. The molecule has 1 heterocycles. The normalized spacial score (nSPS) is 19.5. The Balaban J connectivity index is 1.40. The number of carbonyl (C=O) groups excluding carboxylic acids is 2. The summed E-state index contributed by atoms with van der Waals surface area (Å²) in [6.07, 6.45) is 0.100. The molecule has 2 N–H and O–H groups in total.